The molecule has 20 heavy (non-hydrogen) atoms. The van der Waals surface area contributed by atoms with Gasteiger partial charge in [0.05, 0.1) is 14.2 Å². The van der Waals surface area contributed by atoms with Gasteiger partial charge in [-0.25, -0.2) is 4.79 Å². The highest BCUT2D eigenvalue weighted by atomic mass is 16.5. The predicted molar refractivity (Wildman–Crippen MR) is 69.8 cm³/mol. The molecule has 1 rings (SSSR count). The number of rotatable bonds is 6. The van der Waals surface area contributed by atoms with Gasteiger partial charge in [-0.1, -0.05) is 24.3 Å². The Hall–Kier alpha value is -1.92. The van der Waals surface area contributed by atoms with Crippen LogP contribution in [0.15, 0.2) is 24.3 Å². The Bertz CT molecular complexity index is 470. The van der Waals surface area contributed by atoms with Crippen LogP contribution in [0.4, 0.5) is 0 Å². The fourth-order valence-electron chi connectivity index (χ4n) is 1.81. The van der Waals surface area contributed by atoms with Crippen LogP contribution in [0, 0.1) is 0 Å². The number of aliphatic hydroxyl groups excluding tert-OH is 2. The molecule has 0 saturated heterocycles. The fraction of sp³-hybridized carbons (Fsp3) is 0.429. The number of benzene rings is 1. The number of esters is 2. The van der Waals surface area contributed by atoms with Crippen LogP contribution >= 0.6 is 0 Å². The average molecular weight is 282 g/mol. The second kappa shape index (κ2) is 7.62. The van der Waals surface area contributed by atoms with Gasteiger partial charge in [0.2, 0.25) is 0 Å². The topological polar surface area (TPSA) is 93.1 Å². The summed E-state index contributed by atoms with van der Waals surface area (Å²) in [5, 5.41) is 19.7. The van der Waals surface area contributed by atoms with Crippen LogP contribution in [0.25, 0.3) is 0 Å². The molecule has 0 spiro atoms. The molecule has 0 fully saturated rings. The SMILES string of the molecule is COC(=O)CCc1ccccc1C(O)C(O)C(=O)OC. The highest BCUT2D eigenvalue weighted by molar-refractivity contribution is 5.75. The monoisotopic (exact) mass is 282 g/mol. The molecular formula is C14H18O6. The summed E-state index contributed by atoms with van der Waals surface area (Å²) >= 11 is 0. The number of methoxy groups -OCH3 is 2. The third-order valence-electron chi connectivity index (χ3n) is 2.94. The van der Waals surface area contributed by atoms with Crippen molar-refractivity contribution in [2.24, 2.45) is 0 Å². The van der Waals surface area contributed by atoms with Crippen molar-refractivity contribution in [2.75, 3.05) is 14.2 Å². The van der Waals surface area contributed by atoms with Crippen molar-refractivity contribution in [3.05, 3.63) is 35.4 Å². The van der Waals surface area contributed by atoms with Crippen LogP contribution in [-0.4, -0.2) is 42.5 Å². The van der Waals surface area contributed by atoms with Gasteiger partial charge in [0.25, 0.3) is 0 Å². The van der Waals surface area contributed by atoms with Gasteiger partial charge in [-0.05, 0) is 17.5 Å². The van der Waals surface area contributed by atoms with Crippen molar-refractivity contribution in [1.29, 1.82) is 0 Å². The van der Waals surface area contributed by atoms with Crippen molar-refractivity contribution in [3.63, 3.8) is 0 Å². The first kappa shape index (κ1) is 16.1. The van der Waals surface area contributed by atoms with E-state index in [9.17, 15) is 19.8 Å². The molecule has 0 amide bonds. The van der Waals surface area contributed by atoms with Crippen molar-refractivity contribution < 1.29 is 29.3 Å². The number of hydrogen-bond acceptors (Lipinski definition) is 6. The molecular weight excluding hydrogens is 264 g/mol. The summed E-state index contributed by atoms with van der Waals surface area (Å²) in [5.41, 5.74) is 1.04. The molecule has 2 atom stereocenters. The molecule has 2 unspecified atom stereocenters. The second-order valence-electron chi connectivity index (χ2n) is 4.19. The summed E-state index contributed by atoms with van der Waals surface area (Å²) in [6, 6.07) is 6.71. The van der Waals surface area contributed by atoms with E-state index in [-0.39, 0.29) is 12.4 Å². The molecule has 0 aliphatic heterocycles. The van der Waals surface area contributed by atoms with Crippen molar-refractivity contribution >= 4 is 11.9 Å². The third kappa shape index (κ3) is 4.04. The molecule has 0 radical (unpaired) electrons. The molecule has 6 heteroatoms. The maximum Gasteiger partial charge on any atom is 0.337 e. The molecule has 2 N–H and O–H groups in total. The van der Waals surface area contributed by atoms with Gasteiger partial charge < -0.3 is 19.7 Å². The Morgan fingerprint density at radius 2 is 1.80 bits per heavy atom. The highest BCUT2D eigenvalue weighted by Gasteiger charge is 2.27. The molecule has 1 aromatic carbocycles. The maximum absolute atomic E-state index is 11.2. The van der Waals surface area contributed by atoms with Gasteiger partial charge in [0.15, 0.2) is 6.10 Å². The van der Waals surface area contributed by atoms with Gasteiger partial charge in [0, 0.05) is 6.42 Å². The number of ether oxygens (including phenoxy) is 2. The van der Waals surface area contributed by atoms with E-state index in [1.165, 1.54) is 7.11 Å². The average Bonchev–Trinajstić information content (AvgIpc) is 2.50. The molecule has 0 aromatic heterocycles. The minimum absolute atomic E-state index is 0.147. The van der Waals surface area contributed by atoms with Gasteiger partial charge >= 0.3 is 11.9 Å². The first-order valence-electron chi connectivity index (χ1n) is 6.09. The molecule has 0 aliphatic rings. The largest absolute Gasteiger partial charge is 0.469 e. The zero-order chi connectivity index (χ0) is 15.1. The summed E-state index contributed by atoms with van der Waals surface area (Å²) < 4.78 is 8.94. The van der Waals surface area contributed by atoms with Gasteiger partial charge in [-0.15, -0.1) is 0 Å². The lowest BCUT2D eigenvalue weighted by atomic mass is 9.96. The molecule has 0 heterocycles. The van der Waals surface area contributed by atoms with Crippen molar-refractivity contribution in [3.8, 4) is 0 Å². The van der Waals surface area contributed by atoms with E-state index in [0.717, 1.165) is 7.11 Å². The van der Waals surface area contributed by atoms with Crippen molar-refractivity contribution in [1.82, 2.24) is 0 Å². The zero-order valence-electron chi connectivity index (χ0n) is 11.4. The molecule has 1 aromatic rings. The second-order valence-corrected chi connectivity index (χ2v) is 4.19. The fourth-order valence-corrected chi connectivity index (χ4v) is 1.81. The molecule has 110 valence electrons. The first-order chi connectivity index (χ1) is 9.51. The highest BCUT2D eigenvalue weighted by Crippen LogP contribution is 2.23. The van der Waals surface area contributed by atoms with Crippen LogP contribution in [0.3, 0.4) is 0 Å². The molecule has 0 saturated carbocycles. The number of aryl methyl sites for hydroxylation is 1. The minimum Gasteiger partial charge on any atom is -0.469 e. The van der Waals surface area contributed by atoms with E-state index in [2.05, 4.69) is 9.47 Å². The van der Waals surface area contributed by atoms with Gasteiger partial charge in [-0.2, -0.15) is 0 Å². The summed E-state index contributed by atoms with van der Waals surface area (Å²) in [6.07, 6.45) is -2.59. The first-order valence-corrected chi connectivity index (χ1v) is 6.09. The van der Waals surface area contributed by atoms with Gasteiger partial charge in [0.1, 0.15) is 6.10 Å². The van der Waals surface area contributed by atoms with E-state index in [0.29, 0.717) is 17.5 Å². The Morgan fingerprint density at radius 3 is 2.40 bits per heavy atom. The number of carbonyl (C=O) groups is 2. The summed E-state index contributed by atoms with van der Waals surface area (Å²) in [6.45, 7) is 0. The number of carbonyl (C=O) groups excluding carboxylic acids is 2. The third-order valence-corrected chi connectivity index (χ3v) is 2.94. The van der Waals surface area contributed by atoms with E-state index < -0.39 is 18.2 Å². The smallest absolute Gasteiger partial charge is 0.337 e. The maximum atomic E-state index is 11.2. The molecule has 0 bridgehead atoms. The van der Waals surface area contributed by atoms with E-state index in [4.69, 9.17) is 0 Å². The standard InChI is InChI=1S/C14H18O6/c1-19-11(15)8-7-9-5-3-4-6-10(9)12(16)13(17)14(18)20-2/h3-6,12-13,16-17H,7-8H2,1-2H3. The lowest BCUT2D eigenvalue weighted by molar-refractivity contribution is -0.156. The predicted octanol–water partition coefficient (Wildman–Crippen LogP) is 0.359. The minimum atomic E-state index is -1.67. The van der Waals surface area contributed by atoms with E-state index in [1.807, 2.05) is 0 Å². The van der Waals surface area contributed by atoms with Crippen LogP contribution < -0.4 is 0 Å². The Balaban J connectivity index is 2.89. The lowest BCUT2D eigenvalue weighted by Crippen LogP contribution is -2.29. The Labute approximate surface area is 116 Å². The summed E-state index contributed by atoms with van der Waals surface area (Å²) in [7, 11) is 2.42. The zero-order valence-corrected chi connectivity index (χ0v) is 11.4. The summed E-state index contributed by atoms with van der Waals surface area (Å²) in [5.74, 6) is -1.29. The number of aliphatic hydroxyl groups is 2. The Morgan fingerprint density at radius 1 is 1.15 bits per heavy atom. The van der Waals surface area contributed by atoms with Gasteiger partial charge in [-0.3, -0.25) is 4.79 Å². The van der Waals surface area contributed by atoms with Crippen LogP contribution in [-0.2, 0) is 25.5 Å². The number of hydrogen-bond donors (Lipinski definition) is 2. The Kier molecular flexibility index (Phi) is 6.14. The van der Waals surface area contributed by atoms with Crippen LogP contribution in [0.5, 0.6) is 0 Å². The quantitative estimate of drug-likeness (QED) is 0.732. The van der Waals surface area contributed by atoms with Crippen LogP contribution in [0.1, 0.15) is 23.7 Å². The van der Waals surface area contributed by atoms with Crippen LogP contribution in [0.2, 0.25) is 0 Å². The summed E-state index contributed by atoms with van der Waals surface area (Å²) in [4.78, 5) is 22.4. The van der Waals surface area contributed by atoms with E-state index in [1.54, 1.807) is 24.3 Å². The molecule has 0 aliphatic carbocycles. The molecule has 6 nitrogen and oxygen atoms in total. The van der Waals surface area contributed by atoms with Crippen molar-refractivity contribution in [2.45, 2.75) is 25.0 Å². The van der Waals surface area contributed by atoms with E-state index >= 15 is 0 Å². The normalized spacial score (nSPS) is 13.4. The lowest BCUT2D eigenvalue weighted by Gasteiger charge is -2.19.